The van der Waals surface area contributed by atoms with Crippen LogP contribution < -0.4 is 15.8 Å². The summed E-state index contributed by atoms with van der Waals surface area (Å²) in [7, 11) is 0. The van der Waals surface area contributed by atoms with Crippen molar-refractivity contribution in [1.82, 2.24) is 0 Å². The standard InChI is InChI=1S/C15H21N3O2/c1-3-15(4-2,11-17)14(19)18-12-6-5-7-13(10-12)20-9-8-16/h5-7,10H,3-4,9,11,17H2,1-2H3,(H,18,19). The van der Waals surface area contributed by atoms with Gasteiger partial charge in [0, 0.05) is 18.3 Å². The summed E-state index contributed by atoms with van der Waals surface area (Å²) >= 11 is 0. The van der Waals surface area contributed by atoms with Crippen molar-refractivity contribution >= 4 is 11.6 Å². The molecule has 0 aliphatic rings. The van der Waals surface area contributed by atoms with Gasteiger partial charge in [-0.2, -0.15) is 5.26 Å². The molecule has 0 atom stereocenters. The van der Waals surface area contributed by atoms with E-state index in [1.807, 2.05) is 19.9 Å². The molecule has 0 aliphatic heterocycles. The Kier molecular flexibility index (Phi) is 6.01. The molecule has 0 bridgehead atoms. The number of nitrogens with one attached hydrogen (secondary N) is 1. The number of nitrogens with two attached hydrogens (primary N) is 1. The van der Waals surface area contributed by atoms with Crippen LogP contribution >= 0.6 is 0 Å². The van der Waals surface area contributed by atoms with E-state index in [-0.39, 0.29) is 12.5 Å². The smallest absolute Gasteiger partial charge is 0.231 e. The number of hydrogen-bond acceptors (Lipinski definition) is 4. The third kappa shape index (κ3) is 3.72. The minimum absolute atomic E-state index is 0.0198. The first-order valence-electron chi connectivity index (χ1n) is 6.73. The van der Waals surface area contributed by atoms with Crippen molar-refractivity contribution in [2.45, 2.75) is 26.7 Å². The highest BCUT2D eigenvalue weighted by atomic mass is 16.5. The van der Waals surface area contributed by atoms with Gasteiger partial charge >= 0.3 is 0 Å². The first-order valence-corrected chi connectivity index (χ1v) is 6.73. The van der Waals surface area contributed by atoms with Crippen molar-refractivity contribution in [3.63, 3.8) is 0 Å². The van der Waals surface area contributed by atoms with Crippen molar-refractivity contribution in [3.8, 4) is 11.8 Å². The van der Waals surface area contributed by atoms with Crippen LogP contribution in [-0.4, -0.2) is 19.1 Å². The number of nitriles is 1. The zero-order valence-electron chi connectivity index (χ0n) is 12.0. The van der Waals surface area contributed by atoms with Crippen molar-refractivity contribution in [2.24, 2.45) is 11.1 Å². The number of carbonyl (C=O) groups excluding carboxylic acids is 1. The molecule has 0 saturated heterocycles. The summed E-state index contributed by atoms with van der Waals surface area (Å²) in [6.07, 6.45) is 1.38. The van der Waals surface area contributed by atoms with E-state index in [2.05, 4.69) is 5.32 Å². The number of benzene rings is 1. The topological polar surface area (TPSA) is 88.1 Å². The van der Waals surface area contributed by atoms with Crippen LogP contribution in [0.1, 0.15) is 26.7 Å². The number of ether oxygens (including phenoxy) is 1. The summed E-state index contributed by atoms with van der Waals surface area (Å²) in [4.78, 5) is 12.4. The first-order chi connectivity index (χ1) is 9.61. The molecule has 3 N–H and O–H groups in total. The Hall–Kier alpha value is -2.06. The van der Waals surface area contributed by atoms with E-state index in [1.54, 1.807) is 24.3 Å². The minimum atomic E-state index is -0.538. The Bertz CT molecular complexity index is 482. The van der Waals surface area contributed by atoms with Crippen molar-refractivity contribution in [2.75, 3.05) is 18.5 Å². The normalized spacial score (nSPS) is 10.7. The number of rotatable bonds is 7. The second-order valence-electron chi connectivity index (χ2n) is 4.62. The Labute approximate surface area is 119 Å². The van der Waals surface area contributed by atoms with Gasteiger partial charge in [-0.15, -0.1) is 0 Å². The van der Waals surface area contributed by atoms with Gasteiger partial charge in [0.1, 0.15) is 11.8 Å². The zero-order valence-corrected chi connectivity index (χ0v) is 12.0. The predicted molar refractivity (Wildman–Crippen MR) is 78.2 cm³/mol. The molecule has 1 amide bonds. The van der Waals surface area contributed by atoms with Crippen LogP contribution in [0.2, 0.25) is 0 Å². The van der Waals surface area contributed by atoms with Crippen molar-refractivity contribution in [3.05, 3.63) is 24.3 Å². The molecule has 1 aromatic rings. The summed E-state index contributed by atoms with van der Waals surface area (Å²) in [6.45, 7) is 4.22. The largest absolute Gasteiger partial charge is 0.479 e. The summed E-state index contributed by atoms with van der Waals surface area (Å²) in [5, 5.41) is 11.4. The van der Waals surface area contributed by atoms with Crippen LogP contribution in [-0.2, 0) is 4.79 Å². The first kappa shape index (κ1) is 16.0. The van der Waals surface area contributed by atoms with Gasteiger partial charge in [-0.1, -0.05) is 19.9 Å². The van der Waals surface area contributed by atoms with Crippen LogP contribution in [0.5, 0.6) is 5.75 Å². The predicted octanol–water partition coefficient (Wildman–Crippen LogP) is 2.29. The second-order valence-corrected chi connectivity index (χ2v) is 4.62. The molecule has 1 rings (SSSR count). The van der Waals surface area contributed by atoms with Gasteiger partial charge in [-0.3, -0.25) is 4.79 Å². The molecule has 0 heterocycles. The molecular weight excluding hydrogens is 254 g/mol. The molecule has 5 heteroatoms. The highest BCUT2D eigenvalue weighted by Gasteiger charge is 2.33. The summed E-state index contributed by atoms with van der Waals surface area (Å²) in [6, 6.07) is 8.89. The van der Waals surface area contributed by atoms with Crippen LogP contribution in [0, 0.1) is 16.7 Å². The van der Waals surface area contributed by atoms with E-state index in [9.17, 15) is 4.79 Å². The maximum Gasteiger partial charge on any atom is 0.231 e. The quantitative estimate of drug-likeness (QED) is 0.799. The van der Waals surface area contributed by atoms with Crippen LogP contribution in [0.3, 0.4) is 0 Å². The number of carbonyl (C=O) groups is 1. The van der Waals surface area contributed by atoms with E-state index >= 15 is 0 Å². The maximum absolute atomic E-state index is 12.4. The van der Waals surface area contributed by atoms with E-state index in [0.29, 0.717) is 30.8 Å². The van der Waals surface area contributed by atoms with Gasteiger partial charge in [0.2, 0.25) is 5.91 Å². The van der Waals surface area contributed by atoms with Gasteiger partial charge < -0.3 is 15.8 Å². The van der Waals surface area contributed by atoms with E-state index in [0.717, 1.165) is 0 Å². The lowest BCUT2D eigenvalue weighted by molar-refractivity contribution is -0.125. The molecule has 0 radical (unpaired) electrons. The average Bonchev–Trinajstić information content (AvgIpc) is 2.48. The van der Waals surface area contributed by atoms with Crippen LogP contribution in [0.15, 0.2) is 24.3 Å². The van der Waals surface area contributed by atoms with Crippen molar-refractivity contribution in [1.29, 1.82) is 5.26 Å². The minimum Gasteiger partial charge on any atom is -0.479 e. The van der Waals surface area contributed by atoms with Gasteiger partial charge in [-0.05, 0) is 25.0 Å². The molecule has 0 fully saturated rings. The Morgan fingerprint density at radius 1 is 1.45 bits per heavy atom. The lowest BCUT2D eigenvalue weighted by Crippen LogP contribution is -2.41. The Morgan fingerprint density at radius 3 is 2.70 bits per heavy atom. The Balaban J connectivity index is 2.82. The Morgan fingerprint density at radius 2 is 2.15 bits per heavy atom. The lowest BCUT2D eigenvalue weighted by Gasteiger charge is -2.28. The number of nitrogens with zero attached hydrogens (tertiary/aromatic N) is 1. The third-order valence-electron chi connectivity index (χ3n) is 3.62. The summed E-state index contributed by atoms with van der Waals surface area (Å²) in [5.41, 5.74) is 5.86. The fourth-order valence-corrected chi connectivity index (χ4v) is 2.00. The van der Waals surface area contributed by atoms with Gasteiger partial charge in [0.05, 0.1) is 5.41 Å². The molecule has 1 aromatic carbocycles. The molecule has 20 heavy (non-hydrogen) atoms. The molecule has 0 aliphatic carbocycles. The molecular formula is C15H21N3O2. The van der Waals surface area contributed by atoms with E-state index in [4.69, 9.17) is 15.7 Å². The van der Waals surface area contributed by atoms with Crippen LogP contribution in [0.25, 0.3) is 0 Å². The van der Waals surface area contributed by atoms with Gasteiger partial charge in [0.15, 0.2) is 6.61 Å². The van der Waals surface area contributed by atoms with Crippen molar-refractivity contribution < 1.29 is 9.53 Å². The fourth-order valence-electron chi connectivity index (χ4n) is 2.00. The number of anilines is 1. The molecule has 0 saturated carbocycles. The molecule has 108 valence electrons. The fraction of sp³-hybridized carbons (Fsp3) is 0.467. The number of amides is 1. The summed E-state index contributed by atoms with van der Waals surface area (Å²) in [5.74, 6) is 0.470. The van der Waals surface area contributed by atoms with E-state index < -0.39 is 5.41 Å². The summed E-state index contributed by atoms with van der Waals surface area (Å²) < 4.78 is 5.20. The molecule has 0 aromatic heterocycles. The highest BCUT2D eigenvalue weighted by molar-refractivity contribution is 5.95. The molecule has 0 spiro atoms. The monoisotopic (exact) mass is 275 g/mol. The van der Waals surface area contributed by atoms with E-state index in [1.165, 1.54) is 0 Å². The molecule has 5 nitrogen and oxygen atoms in total. The zero-order chi connectivity index (χ0) is 15.0. The second kappa shape index (κ2) is 7.51. The average molecular weight is 275 g/mol. The maximum atomic E-state index is 12.4. The van der Waals surface area contributed by atoms with Gasteiger partial charge in [-0.25, -0.2) is 0 Å². The highest BCUT2D eigenvalue weighted by Crippen LogP contribution is 2.27. The lowest BCUT2D eigenvalue weighted by atomic mass is 9.81. The molecule has 0 unspecified atom stereocenters. The van der Waals surface area contributed by atoms with Crippen LogP contribution in [0.4, 0.5) is 5.69 Å². The third-order valence-corrected chi connectivity index (χ3v) is 3.62. The number of hydrogen-bond donors (Lipinski definition) is 2. The van der Waals surface area contributed by atoms with Gasteiger partial charge in [0.25, 0.3) is 0 Å². The SMILES string of the molecule is CCC(CC)(CN)C(=O)Nc1cccc(OCC#N)c1.